The Morgan fingerprint density at radius 1 is 0.484 bits per heavy atom. The lowest BCUT2D eigenvalue weighted by Gasteiger charge is -2.15. The van der Waals surface area contributed by atoms with Crippen molar-refractivity contribution < 1.29 is 102 Å². The van der Waals surface area contributed by atoms with Gasteiger partial charge in [-0.15, -0.1) is 34.0 Å². The van der Waals surface area contributed by atoms with Gasteiger partial charge in [0, 0.05) is 19.7 Å². The molecule has 5 heterocycles. The molecule has 0 saturated carbocycles. The van der Waals surface area contributed by atoms with E-state index in [4.69, 9.17) is 77.3 Å². The number of nitrogens with two attached hydrogens (primary N) is 3. The van der Waals surface area contributed by atoms with E-state index in [1.165, 1.54) is 70.0 Å². The number of ether oxygens (including phenoxy) is 3. The largest absolute Gasteiger partial charge is 0.490 e. The van der Waals surface area contributed by atoms with Gasteiger partial charge in [0.2, 0.25) is 6.10 Å². The molecular weight excluding hydrogens is 1310 g/mol. The van der Waals surface area contributed by atoms with Crippen LogP contribution in [0, 0.1) is 22.0 Å². The first-order chi connectivity index (χ1) is 42.6. The van der Waals surface area contributed by atoms with Crippen molar-refractivity contribution in [3.05, 3.63) is 171 Å². The molecule has 36 heteroatoms. The van der Waals surface area contributed by atoms with E-state index in [0.29, 0.717) is 34.9 Å². The Morgan fingerprint density at radius 2 is 0.846 bits per heavy atom. The highest BCUT2D eigenvalue weighted by Gasteiger charge is 2.39. The number of benzene rings is 6. The highest BCUT2D eigenvalue weighted by atomic mass is 32.1. The molecule has 0 aliphatic heterocycles. The summed E-state index contributed by atoms with van der Waals surface area (Å²) in [7, 11) is 0. The second-order valence-electron chi connectivity index (χ2n) is 17.7. The molecule has 476 valence electrons. The second-order valence-corrected chi connectivity index (χ2v) is 21.5. The lowest BCUT2D eigenvalue weighted by Crippen LogP contribution is -2.21. The van der Waals surface area contributed by atoms with Gasteiger partial charge in [0.1, 0.15) is 75.9 Å². The van der Waals surface area contributed by atoms with Crippen LogP contribution in [0.2, 0.25) is 0 Å². The Kier molecular flexibility index (Phi) is 23.0. The highest BCUT2D eigenvalue weighted by Crippen LogP contribution is 2.33. The van der Waals surface area contributed by atoms with Gasteiger partial charge in [-0.2, -0.15) is 48.3 Å². The van der Waals surface area contributed by atoms with Crippen molar-refractivity contribution in [2.75, 3.05) is 0 Å². The molecule has 0 amide bonds. The molecule has 0 fully saturated rings. The molecule has 1 atom stereocenters. The number of nitrogens with zero attached hydrogens (tertiary/aromatic N) is 4. The molecule has 11 aromatic rings. The Hall–Kier alpha value is -10.6. The zero-order valence-corrected chi connectivity index (χ0v) is 48.4. The lowest BCUT2D eigenvalue weighted by molar-refractivity contribution is -0.193. The van der Waals surface area contributed by atoms with Gasteiger partial charge in [0.25, 0.3) is 0 Å². The Labute approximate surface area is 517 Å². The number of carboxylic acids is 4. The Bertz CT molecular complexity index is 4210. The van der Waals surface area contributed by atoms with Gasteiger partial charge in [-0.1, -0.05) is 24.3 Å². The molecule has 13 N–H and O–H groups in total. The van der Waals surface area contributed by atoms with E-state index in [-0.39, 0.29) is 17.5 Å². The van der Waals surface area contributed by atoms with Crippen LogP contribution in [0.15, 0.2) is 138 Å². The average molecular weight is 1350 g/mol. The van der Waals surface area contributed by atoms with Gasteiger partial charge in [-0.25, -0.2) is 28.2 Å². The topological polar surface area (TPSA) is 391 Å². The van der Waals surface area contributed by atoms with Crippen molar-refractivity contribution in [1.29, 1.82) is 16.2 Å². The number of aromatic nitrogens is 4. The lowest BCUT2D eigenvalue weighted by atomic mass is 10.1. The summed E-state index contributed by atoms with van der Waals surface area (Å²) in [5.74, 6) is -7.78. The van der Waals surface area contributed by atoms with Gasteiger partial charge in [-0.3, -0.25) is 16.2 Å². The molecule has 0 saturated heterocycles. The van der Waals surface area contributed by atoms with Crippen LogP contribution >= 0.6 is 45.7 Å². The minimum atomic E-state index is -5.08. The molecular formula is C55H40F10N10O12S4. The van der Waals surface area contributed by atoms with Crippen LogP contribution in [0.4, 0.5) is 43.9 Å². The summed E-state index contributed by atoms with van der Waals surface area (Å²) < 4.78 is 142. The second kappa shape index (κ2) is 30.1. The standard InChI is InChI=1S/C17H13FN2O3S.C16H12N4O2S.C16H12N4OS2.3C2HF3O2/c18-11-4-1-9(2-5-11)15(17(21)22)23-12-6-3-10-7-14(16(19)20)24-13(10)8-12;17-16(18)15-6-10-2-3-11(7-14(10)23-15)21-8-9-1-4-12-13(5-9)20-22-19-12;17-16(18)15-6-10-2-3-11(7-14(10)22-15)21-8-9-1-4-12-13(5-9)20-23-19-12;3*3-2(4,5)1(6)7/h1-8,15H,(H3,19,20)(H,21,22);2*1-7H,8H2,(H3,17,18);3*(H,6,7). The zero-order valence-electron chi connectivity index (χ0n) is 45.2. The smallest absolute Gasteiger partial charge is 0.489 e. The normalized spacial score (nSPS) is 11.4. The first-order valence-corrected chi connectivity index (χ1v) is 27.7. The minimum Gasteiger partial charge on any atom is -0.489 e. The molecule has 1 unspecified atom stereocenters. The monoisotopic (exact) mass is 1350 g/mol. The molecule has 22 nitrogen and oxygen atoms in total. The number of amidine groups is 3. The van der Waals surface area contributed by atoms with Crippen LogP contribution in [0.3, 0.4) is 0 Å². The first-order valence-electron chi connectivity index (χ1n) is 24.5. The maximum absolute atomic E-state index is 13.0. The van der Waals surface area contributed by atoms with Crippen molar-refractivity contribution in [3.63, 3.8) is 0 Å². The summed E-state index contributed by atoms with van der Waals surface area (Å²) in [4.78, 5) is 40.3. The van der Waals surface area contributed by atoms with Crippen LogP contribution in [0.25, 0.3) is 52.3 Å². The van der Waals surface area contributed by atoms with E-state index in [1.807, 2.05) is 84.9 Å². The maximum Gasteiger partial charge on any atom is 0.490 e. The number of fused-ring (bicyclic) bond motifs is 5. The van der Waals surface area contributed by atoms with Crippen LogP contribution in [0.1, 0.15) is 37.4 Å². The predicted octanol–water partition coefficient (Wildman–Crippen LogP) is 12.5. The van der Waals surface area contributed by atoms with Gasteiger partial charge < -0.3 is 51.8 Å². The first kappa shape index (κ1) is 69.5. The molecule has 0 spiro atoms. The quantitative estimate of drug-likeness (QED) is 0.0291. The maximum atomic E-state index is 13.0. The van der Waals surface area contributed by atoms with Crippen molar-refractivity contribution in [2.45, 2.75) is 37.8 Å². The van der Waals surface area contributed by atoms with Gasteiger partial charge in [-0.05, 0) is 147 Å². The number of aliphatic carboxylic acids is 4. The molecule has 11 rings (SSSR count). The Morgan fingerprint density at radius 3 is 1.24 bits per heavy atom. The summed E-state index contributed by atoms with van der Waals surface area (Å²) in [6.07, 6.45) is -16.5. The third-order valence-corrected chi connectivity index (χ3v) is 15.0. The van der Waals surface area contributed by atoms with Crippen molar-refractivity contribution in [3.8, 4) is 17.2 Å². The molecule has 5 aromatic heterocycles. The minimum absolute atomic E-state index is 0.0200. The fourth-order valence-corrected chi connectivity index (χ4v) is 10.3. The van der Waals surface area contributed by atoms with Crippen molar-refractivity contribution in [1.82, 2.24) is 19.1 Å². The number of nitrogens with one attached hydrogen (secondary N) is 3. The average Bonchev–Trinajstić information content (AvgIpc) is 1.79. The number of carbonyl (C=O) groups is 4. The summed E-state index contributed by atoms with van der Waals surface area (Å²) in [5.41, 5.74) is 22.2. The van der Waals surface area contributed by atoms with E-state index in [0.717, 1.165) is 79.2 Å². The van der Waals surface area contributed by atoms with Gasteiger partial charge >= 0.3 is 42.4 Å². The van der Waals surface area contributed by atoms with E-state index in [2.05, 4.69) is 23.7 Å². The molecule has 0 aliphatic carbocycles. The molecule has 0 bridgehead atoms. The Balaban J connectivity index is 0.000000187. The van der Waals surface area contributed by atoms with Crippen molar-refractivity contribution >= 4 is 139 Å². The fraction of sp³-hybridized carbons (Fsp3) is 0.109. The highest BCUT2D eigenvalue weighted by molar-refractivity contribution is 7.21. The summed E-state index contributed by atoms with van der Waals surface area (Å²) in [5, 5.41) is 63.9. The molecule has 0 aliphatic rings. The number of thiophene rings is 3. The van der Waals surface area contributed by atoms with E-state index in [1.54, 1.807) is 24.3 Å². The van der Waals surface area contributed by atoms with Crippen LogP contribution in [0.5, 0.6) is 17.2 Å². The van der Waals surface area contributed by atoms with Gasteiger partial charge in [0.15, 0.2) is 0 Å². The summed E-state index contributed by atoms with van der Waals surface area (Å²) in [6.45, 7) is 0.906. The number of rotatable bonds is 13. The number of nitrogen functional groups attached to an aromatic ring is 3. The molecule has 0 radical (unpaired) electrons. The number of alkyl halides is 9. The number of halogens is 10. The summed E-state index contributed by atoms with van der Waals surface area (Å²) >= 11 is 5.52. The molecule has 91 heavy (non-hydrogen) atoms. The zero-order chi connectivity index (χ0) is 67.1. The van der Waals surface area contributed by atoms with E-state index >= 15 is 0 Å². The van der Waals surface area contributed by atoms with E-state index < -0.39 is 54.3 Å². The van der Waals surface area contributed by atoms with E-state index in [9.17, 15) is 53.8 Å². The SMILES string of the molecule is N=C(N)c1cc2ccc(OC(C(=O)O)c3ccc(F)cc3)cc2s1.N=C(N)c1cc2ccc(OCc3ccc4nonc4c3)cc2s1.N=C(N)c1cc2ccc(OCc3ccc4nsnc4c3)cc2s1.O=C(O)C(F)(F)F.O=C(O)C(F)(F)F.O=C(O)C(F)(F)F. The van der Waals surface area contributed by atoms with Crippen LogP contribution < -0.4 is 31.4 Å². The van der Waals surface area contributed by atoms with Crippen molar-refractivity contribution in [2.24, 2.45) is 17.2 Å². The molecule has 6 aromatic carbocycles. The third kappa shape index (κ3) is 20.5. The van der Waals surface area contributed by atoms with Crippen LogP contribution in [-0.4, -0.2) is 99.4 Å². The fourth-order valence-electron chi connectivity index (χ4n) is 6.89. The predicted molar refractivity (Wildman–Crippen MR) is 315 cm³/mol. The van der Waals surface area contributed by atoms with Gasteiger partial charge in [0.05, 0.1) is 26.4 Å². The summed E-state index contributed by atoms with van der Waals surface area (Å²) in [6, 6.07) is 39.3. The number of carboxylic acid groups (broad SMARTS) is 4. The number of hydrogen-bond acceptors (Lipinski definition) is 19. The number of hydrogen-bond donors (Lipinski definition) is 10. The third-order valence-electron chi connectivity index (χ3n) is 11.1. The van der Waals surface area contributed by atoms with Crippen LogP contribution in [-0.2, 0) is 32.4 Å².